The Bertz CT molecular complexity index is 552. The van der Waals surface area contributed by atoms with E-state index in [1.165, 1.54) is 0 Å². The maximum atomic E-state index is 13.7. The van der Waals surface area contributed by atoms with E-state index in [1.54, 1.807) is 0 Å². The minimum Gasteiger partial charge on any atom is -0.302 e. The van der Waals surface area contributed by atoms with Crippen LogP contribution in [-0.4, -0.2) is 18.2 Å². The molecule has 1 aromatic carbocycles. The van der Waals surface area contributed by atoms with Crippen molar-refractivity contribution in [1.82, 2.24) is 0 Å². The fourth-order valence-electron chi connectivity index (χ4n) is 2.28. The van der Waals surface area contributed by atoms with E-state index in [0.717, 1.165) is 30.2 Å². The fraction of sp³-hybridized carbons (Fsp3) is 0.385. The summed E-state index contributed by atoms with van der Waals surface area (Å²) in [6.45, 7) is 0.324. The number of carbonyl (C=O) groups is 2. The summed E-state index contributed by atoms with van der Waals surface area (Å²) in [6, 6.07) is 1.63. The van der Waals surface area contributed by atoms with E-state index < -0.39 is 23.3 Å². The van der Waals surface area contributed by atoms with E-state index in [9.17, 15) is 18.4 Å². The molecule has 1 aliphatic heterocycles. The van der Waals surface area contributed by atoms with E-state index in [2.05, 4.69) is 0 Å². The third kappa shape index (κ3) is 1.70. The Morgan fingerprint density at radius 2 is 1.94 bits per heavy atom. The third-order valence-electron chi connectivity index (χ3n) is 3.44. The first kappa shape index (κ1) is 11.3. The molecular weight excluding hydrogens is 240 g/mol. The quantitative estimate of drug-likeness (QED) is 0.773. The molecule has 0 aromatic heterocycles. The number of fused-ring (bicyclic) bond motifs is 1. The number of hydrogen-bond donors (Lipinski definition) is 0. The van der Waals surface area contributed by atoms with Crippen LogP contribution >= 0.6 is 0 Å². The molecule has 3 nitrogen and oxygen atoms in total. The molecule has 0 N–H and O–H groups in total. The van der Waals surface area contributed by atoms with Crippen LogP contribution in [0.5, 0.6) is 0 Å². The van der Waals surface area contributed by atoms with E-state index >= 15 is 0 Å². The summed E-state index contributed by atoms with van der Waals surface area (Å²) in [6.07, 6.45) is 3.00. The summed E-state index contributed by atoms with van der Waals surface area (Å²) in [5.74, 6) is -2.69. The lowest BCUT2D eigenvalue weighted by Crippen LogP contribution is -2.31. The predicted octanol–water partition coefficient (Wildman–Crippen LogP) is 2.29. The Morgan fingerprint density at radius 3 is 2.61 bits per heavy atom. The Morgan fingerprint density at radius 1 is 1.22 bits per heavy atom. The first-order valence-corrected chi connectivity index (χ1v) is 5.93. The van der Waals surface area contributed by atoms with Crippen molar-refractivity contribution >= 4 is 17.4 Å². The molecule has 1 aliphatic carbocycles. The Kier molecular flexibility index (Phi) is 2.43. The maximum absolute atomic E-state index is 13.7. The summed E-state index contributed by atoms with van der Waals surface area (Å²) in [5, 5.41) is 0. The number of halogens is 2. The molecule has 0 spiro atoms. The summed E-state index contributed by atoms with van der Waals surface area (Å²) >= 11 is 0. The van der Waals surface area contributed by atoms with Crippen molar-refractivity contribution in [2.24, 2.45) is 5.92 Å². The Balaban J connectivity index is 1.97. The molecule has 0 saturated heterocycles. The minimum absolute atomic E-state index is 0.0629. The number of benzene rings is 1. The number of ketones is 1. The van der Waals surface area contributed by atoms with Gasteiger partial charge in [-0.1, -0.05) is 12.8 Å². The van der Waals surface area contributed by atoms with Gasteiger partial charge in [0.2, 0.25) is 0 Å². The molecule has 18 heavy (non-hydrogen) atoms. The van der Waals surface area contributed by atoms with E-state index in [0.29, 0.717) is 18.5 Å². The third-order valence-corrected chi connectivity index (χ3v) is 3.44. The highest BCUT2D eigenvalue weighted by Crippen LogP contribution is 2.36. The molecular formula is C13H11F2NO2. The van der Waals surface area contributed by atoms with Crippen LogP contribution in [0.25, 0.3) is 0 Å². The zero-order valence-corrected chi connectivity index (χ0v) is 9.58. The zero-order valence-electron chi connectivity index (χ0n) is 9.58. The second-order valence-electron chi connectivity index (χ2n) is 4.80. The van der Waals surface area contributed by atoms with Crippen molar-refractivity contribution in [3.05, 3.63) is 29.3 Å². The molecule has 1 aromatic rings. The second kappa shape index (κ2) is 3.86. The second-order valence-corrected chi connectivity index (χ2v) is 4.80. The molecule has 1 saturated carbocycles. The highest BCUT2D eigenvalue weighted by atomic mass is 19.1. The molecule has 0 radical (unpaired) electrons. The van der Waals surface area contributed by atoms with Gasteiger partial charge in [-0.25, -0.2) is 8.78 Å². The van der Waals surface area contributed by atoms with Crippen LogP contribution in [0.15, 0.2) is 12.1 Å². The van der Waals surface area contributed by atoms with Crippen LogP contribution in [0.4, 0.5) is 14.5 Å². The van der Waals surface area contributed by atoms with Crippen LogP contribution < -0.4 is 4.90 Å². The van der Waals surface area contributed by atoms with Crippen LogP contribution in [0.1, 0.15) is 29.6 Å². The average molecular weight is 251 g/mol. The molecule has 0 bridgehead atoms. The molecule has 1 amide bonds. The van der Waals surface area contributed by atoms with Crippen molar-refractivity contribution in [1.29, 1.82) is 0 Å². The lowest BCUT2D eigenvalue weighted by molar-refractivity contribution is -0.114. The SMILES string of the molecule is O=C1C(=O)N(CCC2CC2)c2c(F)cc(F)cc21. The van der Waals surface area contributed by atoms with Gasteiger partial charge in [0, 0.05) is 12.6 Å². The van der Waals surface area contributed by atoms with Gasteiger partial charge in [-0.2, -0.15) is 0 Å². The minimum atomic E-state index is -0.847. The molecule has 94 valence electrons. The summed E-state index contributed by atoms with van der Waals surface area (Å²) in [5.41, 5.74) is -0.222. The average Bonchev–Trinajstić information content (AvgIpc) is 3.10. The number of anilines is 1. The summed E-state index contributed by atoms with van der Waals surface area (Å²) < 4.78 is 26.8. The monoisotopic (exact) mass is 251 g/mol. The van der Waals surface area contributed by atoms with Gasteiger partial charge in [0.25, 0.3) is 11.7 Å². The molecule has 0 unspecified atom stereocenters. The van der Waals surface area contributed by atoms with Gasteiger partial charge in [0.1, 0.15) is 5.82 Å². The van der Waals surface area contributed by atoms with E-state index in [1.807, 2.05) is 0 Å². The summed E-state index contributed by atoms with van der Waals surface area (Å²) in [7, 11) is 0. The van der Waals surface area contributed by atoms with Crippen molar-refractivity contribution < 1.29 is 18.4 Å². The van der Waals surface area contributed by atoms with Crippen molar-refractivity contribution in [2.45, 2.75) is 19.3 Å². The number of carbonyl (C=O) groups excluding carboxylic acids is 2. The van der Waals surface area contributed by atoms with Gasteiger partial charge in [0.15, 0.2) is 5.82 Å². The predicted molar refractivity (Wildman–Crippen MR) is 60.4 cm³/mol. The molecule has 3 rings (SSSR count). The molecule has 0 atom stereocenters. The van der Waals surface area contributed by atoms with Crippen molar-refractivity contribution in [3.63, 3.8) is 0 Å². The number of nitrogens with zero attached hydrogens (tertiary/aromatic N) is 1. The van der Waals surface area contributed by atoms with Crippen LogP contribution in [0.2, 0.25) is 0 Å². The standard InChI is InChI=1S/C13H11F2NO2/c14-8-5-9-11(10(15)6-8)16(13(18)12(9)17)4-3-7-1-2-7/h5-7H,1-4H2. The number of hydrogen-bond acceptors (Lipinski definition) is 2. The van der Waals surface area contributed by atoms with Gasteiger partial charge < -0.3 is 4.90 Å². The molecule has 1 fully saturated rings. The van der Waals surface area contributed by atoms with Gasteiger partial charge in [-0.3, -0.25) is 9.59 Å². The van der Waals surface area contributed by atoms with Crippen LogP contribution in [0, 0.1) is 17.6 Å². The van der Waals surface area contributed by atoms with Crippen LogP contribution in [-0.2, 0) is 4.79 Å². The number of Topliss-reactive ketones (excluding diaryl/α,β-unsaturated/α-hetero) is 1. The number of rotatable bonds is 3. The molecule has 1 heterocycles. The lowest BCUT2D eigenvalue weighted by atomic mass is 10.1. The maximum Gasteiger partial charge on any atom is 0.299 e. The Hall–Kier alpha value is -1.78. The topological polar surface area (TPSA) is 37.4 Å². The van der Waals surface area contributed by atoms with Gasteiger partial charge >= 0.3 is 0 Å². The zero-order chi connectivity index (χ0) is 12.9. The Labute approximate surface area is 102 Å². The van der Waals surface area contributed by atoms with Crippen LogP contribution in [0.3, 0.4) is 0 Å². The first-order chi connectivity index (χ1) is 8.58. The van der Waals surface area contributed by atoms with Crippen molar-refractivity contribution in [2.75, 3.05) is 11.4 Å². The smallest absolute Gasteiger partial charge is 0.299 e. The largest absolute Gasteiger partial charge is 0.302 e. The normalized spacial score (nSPS) is 18.4. The first-order valence-electron chi connectivity index (χ1n) is 5.93. The van der Waals surface area contributed by atoms with E-state index in [4.69, 9.17) is 0 Å². The van der Waals surface area contributed by atoms with Gasteiger partial charge in [0.05, 0.1) is 11.3 Å². The fourth-order valence-corrected chi connectivity index (χ4v) is 2.28. The van der Waals surface area contributed by atoms with Gasteiger partial charge in [-0.05, 0) is 18.4 Å². The lowest BCUT2D eigenvalue weighted by Gasteiger charge is -2.16. The van der Waals surface area contributed by atoms with Gasteiger partial charge in [-0.15, -0.1) is 0 Å². The number of amides is 1. The molecule has 5 heteroatoms. The van der Waals surface area contributed by atoms with E-state index in [-0.39, 0.29) is 11.3 Å². The highest BCUT2D eigenvalue weighted by Gasteiger charge is 2.39. The molecule has 2 aliphatic rings. The summed E-state index contributed by atoms with van der Waals surface area (Å²) in [4.78, 5) is 24.5. The highest BCUT2D eigenvalue weighted by molar-refractivity contribution is 6.52. The van der Waals surface area contributed by atoms with Crippen molar-refractivity contribution in [3.8, 4) is 0 Å².